The van der Waals surface area contributed by atoms with Crippen LogP contribution in [-0.4, -0.2) is 20.7 Å². The molecular weight excluding hydrogens is 363 g/mol. The van der Waals surface area contributed by atoms with E-state index in [-0.39, 0.29) is 11.2 Å². The average molecular weight is 370 g/mol. The maximum Gasteiger partial charge on any atom is 0.341 e. The van der Waals surface area contributed by atoms with Crippen LogP contribution in [0.15, 0.2) is 35.3 Å². The van der Waals surface area contributed by atoms with Gasteiger partial charge < -0.3 is 14.8 Å². The van der Waals surface area contributed by atoms with Crippen molar-refractivity contribution in [3.8, 4) is 11.4 Å². The van der Waals surface area contributed by atoms with Crippen LogP contribution in [0.4, 0.5) is 13.2 Å². The molecule has 0 spiro atoms. The number of aromatic carboxylic acids is 1. The fourth-order valence-electron chi connectivity index (χ4n) is 2.40. The van der Waals surface area contributed by atoms with E-state index in [0.29, 0.717) is 6.07 Å². The van der Waals surface area contributed by atoms with E-state index in [9.17, 15) is 27.9 Å². The molecule has 0 saturated carbocycles. The number of carboxylic acids is 1. The van der Waals surface area contributed by atoms with Crippen LogP contribution in [0.5, 0.6) is 5.75 Å². The summed E-state index contributed by atoms with van der Waals surface area (Å²) in [6, 6.07) is 3.47. The Balaban J connectivity index is 2.54. The van der Waals surface area contributed by atoms with E-state index >= 15 is 0 Å². The fourth-order valence-corrected chi connectivity index (χ4v) is 2.68. The van der Waals surface area contributed by atoms with Gasteiger partial charge in [-0.1, -0.05) is 11.6 Å². The summed E-state index contributed by atoms with van der Waals surface area (Å²) in [5, 5.41) is 17.4. The molecule has 0 atom stereocenters. The predicted octanol–water partition coefficient (Wildman–Crippen LogP) is 3.47. The lowest BCUT2D eigenvalue weighted by molar-refractivity contribution is 0.0695. The molecule has 0 aliphatic heterocycles. The van der Waals surface area contributed by atoms with Crippen LogP contribution in [-0.2, 0) is 0 Å². The third kappa shape index (κ3) is 2.60. The van der Waals surface area contributed by atoms with Crippen molar-refractivity contribution in [2.24, 2.45) is 0 Å². The van der Waals surface area contributed by atoms with E-state index < -0.39 is 50.6 Å². The van der Waals surface area contributed by atoms with Crippen molar-refractivity contribution in [2.45, 2.75) is 0 Å². The molecule has 1 heterocycles. The highest BCUT2D eigenvalue weighted by atomic mass is 35.5. The van der Waals surface area contributed by atoms with Crippen molar-refractivity contribution < 1.29 is 28.2 Å². The number of rotatable bonds is 2. The molecule has 3 rings (SSSR count). The second kappa shape index (κ2) is 5.82. The van der Waals surface area contributed by atoms with E-state index in [0.717, 1.165) is 29.0 Å². The number of hydrogen-bond donors (Lipinski definition) is 2. The van der Waals surface area contributed by atoms with Gasteiger partial charge in [0.1, 0.15) is 10.6 Å². The third-order valence-electron chi connectivity index (χ3n) is 3.56. The summed E-state index contributed by atoms with van der Waals surface area (Å²) in [4.78, 5) is 23.5. The second-order valence-electron chi connectivity index (χ2n) is 5.07. The first-order chi connectivity index (χ1) is 11.7. The minimum Gasteiger partial charge on any atom is -0.505 e. The number of carboxylic acid groups (broad SMARTS) is 1. The molecule has 0 fully saturated rings. The van der Waals surface area contributed by atoms with E-state index in [2.05, 4.69) is 0 Å². The molecule has 3 aromatic rings. The van der Waals surface area contributed by atoms with Crippen molar-refractivity contribution in [1.29, 1.82) is 0 Å². The smallest absolute Gasteiger partial charge is 0.341 e. The van der Waals surface area contributed by atoms with Crippen LogP contribution in [0.25, 0.3) is 16.6 Å². The number of phenolic OH excluding ortho intramolecular Hbond substituents is 1. The van der Waals surface area contributed by atoms with Gasteiger partial charge in [-0.15, -0.1) is 0 Å². The minimum atomic E-state index is -1.60. The highest BCUT2D eigenvalue weighted by Gasteiger charge is 2.22. The lowest BCUT2D eigenvalue weighted by Crippen LogP contribution is -2.19. The number of halogens is 4. The number of aromatic hydroxyl groups is 1. The molecular formula is C16H7ClF3NO4. The first-order valence-electron chi connectivity index (χ1n) is 6.67. The summed E-state index contributed by atoms with van der Waals surface area (Å²) in [6.45, 7) is 0. The largest absolute Gasteiger partial charge is 0.505 e. The van der Waals surface area contributed by atoms with Gasteiger partial charge in [-0.25, -0.2) is 18.0 Å². The normalized spacial score (nSPS) is 11.0. The van der Waals surface area contributed by atoms with Crippen LogP contribution in [0.3, 0.4) is 0 Å². The van der Waals surface area contributed by atoms with Crippen molar-refractivity contribution in [3.63, 3.8) is 0 Å². The molecule has 9 heteroatoms. The number of carbonyl (C=O) groups is 1. The van der Waals surface area contributed by atoms with Crippen molar-refractivity contribution in [2.75, 3.05) is 0 Å². The summed E-state index contributed by atoms with van der Waals surface area (Å²) in [6.07, 6.45) is 0.836. The van der Waals surface area contributed by atoms with E-state index in [4.69, 9.17) is 16.7 Å². The number of pyridine rings is 1. The van der Waals surface area contributed by atoms with Gasteiger partial charge in [-0.05, 0) is 18.2 Å². The van der Waals surface area contributed by atoms with E-state index in [1.807, 2.05) is 0 Å². The van der Waals surface area contributed by atoms with Crippen LogP contribution in [0.1, 0.15) is 10.4 Å². The Bertz CT molecular complexity index is 1110. The standard InChI is InChI=1S/C16H7ClF3NO4/c17-12-13(20)10(19)4-7-14(12)21(5-8(15(7)23)16(24)25)6-1-2-9(18)11(22)3-6/h1-5,22H,(H,24,25). The zero-order valence-corrected chi connectivity index (χ0v) is 12.8. The minimum absolute atomic E-state index is 0.0145. The summed E-state index contributed by atoms with van der Waals surface area (Å²) in [5.74, 6) is -6.17. The highest BCUT2D eigenvalue weighted by Crippen LogP contribution is 2.30. The Morgan fingerprint density at radius 3 is 2.40 bits per heavy atom. The maximum atomic E-state index is 13.8. The van der Waals surface area contributed by atoms with Crippen LogP contribution < -0.4 is 5.43 Å². The van der Waals surface area contributed by atoms with Crippen LogP contribution >= 0.6 is 11.6 Å². The Morgan fingerprint density at radius 2 is 1.80 bits per heavy atom. The van der Waals surface area contributed by atoms with E-state index in [1.54, 1.807) is 0 Å². The Hall–Kier alpha value is -3.00. The lowest BCUT2D eigenvalue weighted by atomic mass is 10.1. The topological polar surface area (TPSA) is 79.5 Å². The molecule has 128 valence electrons. The molecule has 0 unspecified atom stereocenters. The SMILES string of the molecule is O=C(O)c1cn(-c2ccc(F)c(O)c2)c2c(Cl)c(F)c(F)cc2c1=O. The van der Waals surface area contributed by atoms with Gasteiger partial charge in [0.2, 0.25) is 5.43 Å². The van der Waals surface area contributed by atoms with Gasteiger partial charge in [0.25, 0.3) is 0 Å². The van der Waals surface area contributed by atoms with Gasteiger partial charge in [0, 0.05) is 18.0 Å². The van der Waals surface area contributed by atoms with Crippen molar-refractivity contribution in [3.05, 3.63) is 68.7 Å². The number of benzene rings is 2. The summed E-state index contributed by atoms with van der Waals surface area (Å²) < 4.78 is 41.7. The maximum absolute atomic E-state index is 13.8. The summed E-state index contributed by atoms with van der Waals surface area (Å²) >= 11 is 5.80. The zero-order chi connectivity index (χ0) is 18.5. The molecule has 0 aliphatic rings. The molecule has 25 heavy (non-hydrogen) atoms. The van der Waals surface area contributed by atoms with Crippen LogP contribution in [0.2, 0.25) is 5.02 Å². The average Bonchev–Trinajstić information content (AvgIpc) is 2.56. The molecule has 0 bridgehead atoms. The Kier molecular flexibility index (Phi) is 3.92. The number of phenols is 1. The molecule has 0 aliphatic carbocycles. The summed E-state index contributed by atoms with van der Waals surface area (Å²) in [5.41, 5.74) is -2.13. The molecule has 0 amide bonds. The van der Waals surface area contributed by atoms with Crippen molar-refractivity contribution in [1.82, 2.24) is 4.57 Å². The van der Waals surface area contributed by atoms with Gasteiger partial charge in [0.15, 0.2) is 23.2 Å². The van der Waals surface area contributed by atoms with Crippen LogP contribution in [0, 0.1) is 17.5 Å². The number of fused-ring (bicyclic) bond motifs is 1. The predicted molar refractivity (Wildman–Crippen MR) is 83.1 cm³/mol. The molecule has 2 aromatic carbocycles. The first-order valence-corrected chi connectivity index (χ1v) is 7.05. The van der Waals surface area contributed by atoms with Gasteiger partial charge >= 0.3 is 5.97 Å². The lowest BCUT2D eigenvalue weighted by Gasteiger charge is -2.15. The van der Waals surface area contributed by atoms with Gasteiger partial charge in [-0.2, -0.15) is 0 Å². The monoisotopic (exact) mass is 369 g/mol. The zero-order valence-electron chi connectivity index (χ0n) is 12.1. The van der Waals surface area contributed by atoms with Gasteiger partial charge in [0.05, 0.1) is 10.9 Å². The Morgan fingerprint density at radius 1 is 1.12 bits per heavy atom. The molecule has 0 radical (unpaired) electrons. The molecule has 5 nitrogen and oxygen atoms in total. The highest BCUT2D eigenvalue weighted by molar-refractivity contribution is 6.35. The second-order valence-corrected chi connectivity index (χ2v) is 5.44. The fraction of sp³-hybridized carbons (Fsp3) is 0. The number of aromatic nitrogens is 1. The van der Waals surface area contributed by atoms with Crippen molar-refractivity contribution >= 4 is 28.5 Å². The van der Waals surface area contributed by atoms with E-state index in [1.165, 1.54) is 0 Å². The molecule has 1 aromatic heterocycles. The number of hydrogen-bond acceptors (Lipinski definition) is 3. The third-order valence-corrected chi connectivity index (χ3v) is 3.91. The quantitative estimate of drug-likeness (QED) is 0.678. The molecule has 2 N–H and O–H groups in total. The first kappa shape index (κ1) is 16.8. The van der Waals surface area contributed by atoms with Gasteiger partial charge in [-0.3, -0.25) is 4.79 Å². The number of nitrogens with zero attached hydrogens (tertiary/aromatic N) is 1. The summed E-state index contributed by atoms with van der Waals surface area (Å²) in [7, 11) is 0. The Labute approximate surface area is 142 Å². The molecule has 0 saturated heterocycles.